The molecule has 1 aliphatic heterocycles. The van der Waals surface area contributed by atoms with E-state index >= 15 is 0 Å². The second-order valence-corrected chi connectivity index (χ2v) is 7.96. The summed E-state index contributed by atoms with van der Waals surface area (Å²) in [5.74, 6) is -1.43. The largest absolute Gasteiger partial charge is 0.463 e. The second kappa shape index (κ2) is 12.0. The van der Waals surface area contributed by atoms with Crippen LogP contribution in [0.4, 0.5) is 0 Å². The molecule has 32 heavy (non-hydrogen) atoms. The van der Waals surface area contributed by atoms with Crippen molar-refractivity contribution in [3.05, 3.63) is 77.1 Å². The number of hydrogen-bond acceptors (Lipinski definition) is 5. The van der Waals surface area contributed by atoms with Crippen molar-refractivity contribution in [3.63, 3.8) is 0 Å². The third kappa shape index (κ3) is 7.50. The van der Waals surface area contributed by atoms with Crippen molar-refractivity contribution in [2.75, 3.05) is 6.61 Å². The number of amides is 2. The Balaban J connectivity index is 1.62. The molecule has 0 aliphatic carbocycles. The summed E-state index contributed by atoms with van der Waals surface area (Å²) in [5, 5.41) is 6.11. The van der Waals surface area contributed by atoms with Gasteiger partial charge in [-0.1, -0.05) is 60.2 Å². The van der Waals surface area contributed by atoms with Crippen LogP contribution in [0, 0.1) is 5.92 Å². The molecule has 1 aromatic heterocycles. The molecule has 7 nitrogen and oxygen atoms in total. The van der Waals surface area contributed by atoms with Gasteiger partial charge in [0.25, 0.3) is 0 Å². The predicted octanol–water partition coefficient (Wildman–Crippen LogP) is 3.50. The average Bonchev–Trinajstić information content (AvgIpc) is 2.80. The van der Waals surface area contributed by atoms with Gasteiger partial charge in [-0.2, -0.15) is 0 Å². The van der Waals surface area contributed by atoms with E-state index in [4.69, 9.17) is 16.3 Å². The zero-order valence-corrected chi connectivity index (χ0v) is 18.4. The Labute approximate surface area is 192 Å². The lowest BCUT2D eigenvalue weighted by Crippen LogP contribution is -2.34. The van der Waals surface area contributed by atoms with Crippen LogP contribution in [0.1, 0.15) is 42.9 Å². The Hall–Kier alpha value is -3.19. The van der Waals surface area contributed by atoms with E-state index in [1.165, 1.54) is 0 Å². The van der Waals surface area contributed by atoms with Gasteiger partial charge < -0.3 is 15.4 Å². The lowest BCUT2D eigenvalue weighted by Gasteiger charge is -2.21. The Morgan fingerprint density at radius 3 is 2.72 bits per heavy atom. The van der Waals surface area contributed by atoms with Gasteiger partial charge in [-0.05, 0) is 30.0 Å². The lowest BCUT2D eigenvalue weighted by atomic mass is 9.99. The van der Waals surface area contributed by atoms with E-state index < -0.39 is 17.9 Å². The van der Waals surface area contributed by atoms with Crippen LogP contribution in [-0.2, 0) is 25.7 Å². The van der Waals surface area contributed by atoms with Crippen molar-refractivity contribution >= 4 is 29.4 Å². The summed E-state index contributed by atoms with van der Waals surface area (Å²) in [4.78, 5) is 41.4. The summed E-state index contributed by atoms with van der Waals surface area (Å²) in [6.45, 7) is 0.301. The van der Waals surface area contributed by atoms with Gasteiger partial charge in [-0.15, -0.1) is 0 Å². The number of pyridine rings is 1. The van der Waals surface area contributed by atoms with Crippen molar-refractivity contribution in [2.24, 2.45) is 5.92 Å². The van der Waals surface area contributed by atoms with E-state index in [1.807, 2.05) is 42.5 Å². The van der Waals surface area contributed by atoms with Crippen molar-refractivity contribution in [3.8, 4) is 0 Å². The number of carbonyl (C=O) groups excluding carboxylic acids is 3. The van der Waals surface area contributed by atoms with Crippen LogP contribution >= 0.6 is 11.6 Å². The molecule has 0 saturated carbocycles. The minimum absolute atomic E-state index is 0.00650. The fraction of sp³-hybridized carbons (Fsp3) is 0.333. The van der Waals surface area contributed by atoms with Gasteiger partial charge in [0, 0.05) is 25.6 Å². The molecule has 168 valence electrons. The standard InChI is InChI=1S/C24H26ClN3O4/c25-21-12-11-17(14-26-21)15-27-23(30)13-19-9-5-2-6-10-22(29)28-20(16-32-24(19)31)18-7-3-1-4-8-18/h1-5,7-8,11-12,14,19-20H,6,9-10,13,15-16H2,(H,27,30)(H,28,29)/b5-2+/t19-,20-/m0/s1. The van der Waals surface area contributed by atoms with Crippen molar-refractivity contribution in [2.45, 2.75) is 38.3 Å². The maximum atomic E-state index is 12.8. The molecule has 2 amide bonds. The minimum atomic E-state index is -0.610. The minimum Gasteiger partial charge on any atom is -0.463 e. The second-order valence-electron chi connectivity index (χ2n) is 7.57. The molecule has 0 radical (unpaired) electrons. The van der Waals surface area contributed by atoms with Gasteiger partial charge >= 0.3 is 5.97 Å². The van der Waals surface area contributed by atoms with E-state index in [2.05, 4.69) is 15.6 Å². The van der Waals surface area contributed by atoms with Crippen LogP contribution in [0.5, 0.6) is 0 Å². The van der Waals surface area contributed by atoms with E-state index in [0.29, 0.717) is 31.0 Å². The summed E-state index contributed by atoms with van der Waals surface area (Å²) in [7, 11) is 0. The maximum Gasteiger partial charge on any atom is 0.309 e. The van der Waals surface area contributed by atoms with Crippen LogP contribution in [-0.4, -0.2) is 29.4 Å². The average molecular weight is 456 g/mol. The fourth-order valence-corrected chi connectivity index (χ4v) is 3.43. The number of aromatic nitrogens is 1. The van der Waals surface area contributed by atoms with E-state index in [-0.39, 0.29) is 24.8 Å². The molecule has 0 fully saturated rings. The molecule has 2 atom stereocenters. The molecule has 8 heteroatoms. The number of halogens is 1. The highest BCUT2D eigenvalue weighted by Crippen LogP contribution is 2.18. The number of benzene rings is 1. The van der Waals surface area contributed by atoms with Crippen LogP contribution < -0.4 is 10.6 Å². The molecule has 0 unspecified atom stereocenters. The number of ether oxygens (including phenoxy) is 1. The zero-order valence-electron chi connectivity index (χ0n) is 17.6. The fourth-order valence-electron chi connectivity index (χ4n) is 3.32. The Morgan fingerprint density at radius 1 is 1.16 bits per heavy atom. The number of nitrogens with zero attached hydrogens (tertiary/aromatic N) is 1. The molecule has 2 N–H and O–H groups in total. The van der Waals surface area contributed by atoms with Gasteiger partial charge in [0.05, 0.1) is 12.0 Å². The molecule has 1 aromatic carbocycles. The maximum absolute atomic E-state index is 12.8. The molecule has 0 spiro atoms. The van der Waals surface area contributed by atoms with Crippen LogP contribution in [0.15, 0.2) is 60.8 Å². The molecule has 3 rings (SSSR count). The summed E-state index contributed by atoms with van der Waals surface area (Å²) in [5.41, 5.74) is 1.66. The van der Waals surface area contributed by atoms with E-state index in [0.717, 1.165) is 11.1 Å². The number of cyclic esters (lactones) is 1. The highest BCUT2D eigenvalue weighted by atomic mass is 35.5. The molecular weight excluding hydrogens is 430 g/mol. The highest BCUT2D eigenvalue weighted by Gasteiger charge is 2.25. The third-order valence-corrected chi connectivity index (χ3v) is 5.32. The van der Waals surface area contributed by atoms with Crippen molar-refractivity contribution in [1.82, 2.24) is 15.6 Å². The van der Waals surface area contributed by atoms with Crippen molar-refractivity contribution < 1.29 is 19.1 Å². The molecule has 0 saturated heterocycles. The SMILES string of the molecule is O=C(C[C@@H]1C/C=C/CCC(=O)N[C@H](c2ccccc2)COC1=O)NCc1ccc(Cl)nc1. The molecule has 2 aromatic rings. The van der Waals surface area contributed by atoms with E-state index in [1.54, 1.807) is 18.3 Å². The lowest BCUT2D eigenvalue weighted by molar-refractivity contribution is -0.151. The quantitative estimate of drug-likeness (QED) is 0.408. The topological polar surface area (TPSA) is 97.4 Å². The number of esters is 1. The Bertz CT molecular complexity index is 947. The van der Waals surface area contributed by atoms with Crippen LogP contribution in [0.3, 0.4) is 0 Å². The molecular formula is C24H26ClN3O4. The number of nitrogens with one attached hydrogen (secondary N) is 2. The normalized spacial score (nSPS) is 20.8. The highest BCUT2D eigenvalue weighted by molar-refractivity contribution is 6.29. The number of rotatable bonds is 5. The Morgan fingerprint density at radius 2 is 1.97 bits per heavy atom. The number of allylic oxidation sites excluding steroid dienone is 2. The smallest absolute Gasteiger partial charge is 0.309 e. The Kier molecular flexibility index (Phi) is 8.80. The van der Waals surface area contributed by atoms with Gasteiger partial charge in [-0.25, -0.2) is 4.98 Å². The first kappa shape index (κ1) is 23.5. The zero-order chi connectivity index (χ0) is 22.8. The first-order valence-corrected chi connectivity index (χ1v) is 10.9. The summed E-state index contributed by atoms with van der Waals surface area (Å²) in [6, 6.07) is 12.4. The molecule has 0 bridgehead atoms. The molecule has 1 aliphatic rings. The monoisotopic (exact) mass is 455 g/mol. The third-order valence-electron chi connectivity index (χ3n) is 5.10. The first-order valence-electron chi connectivity index (χ1n) is 10.5. The number of carbonyl (C=O) groups is 3. The van der Waals surface area contributed by atoms with Gasteiger partial charge in [0.15, 0.2) is 0 Å². The summed E-state index contributed by atoms with van der Waals surface area (Å²) >= 11 is 5.77. The van der Waals surface area contributed by atoms with Crippen molar-refractivity contribution in [1.29, 1.82) is 0 Å². The van der Waals surface area contributed by atoms with Crippen LogP contribution in [0.2, 0.25) is 5.15 Å². The summed E-state index contributed by atoms with van der Waals surface area (Å²) in [6.07, 6.45) is 6.55. The number of hydrogen-bond donors (Lipinski definition) is 2. The van der Waals surface area contributed by atoms with Crippen LogP contribution in [0.25, 0.3) is 0 Å². The first-order chi connectivity index (χ1) is 15.5. The van der Waals surface area contributed by atoms with Gasteiger partial charge in [-0.3, -0.25) is 14.4 Å². The predicted molar refractivity (Wildman–Crippen MR) is 120 cm³/mol. The summed E-state index contributed by atoms with van der Waals surface area (Å²) < 4.78 is 5.53. The van der Waals surface area contributed by atoms with Gasteiger partial charge in [0.1, 0.15) is 11.8 Å². The van der Waals surface area contributed by atoms with E-state index in [9.17, 15) is 14.4 Å². The van der Waals surface area contributed by atoms with Gasteiger partial charge in [0.2, 0.25) is 11.8 Å². The molecule has 2 heterocycles.